The van der Waals surface area contributed by atoms with Crippen molar-refractivity contribution in [2.45, 2.75) is 5.54 Å². The van der Waals surface area contributed by atoms with Gasteiger partial charge in [0.1, 0.15) is 11.5 Å². The van der Waals surface area contributed by atoms with Gasteiger partial charge in [0.25, 0.3) is 0 Å². The van der Waals surface area contributed by atoms with Gasteiger partial charge in [0.15, 0.2) is 5.54 Å². The molecule has 0 saturated carbocycles. The first-order valence-electron chi connectivity index (χ1n) is 9.55. The summed E-state index contributed by atoms with van der Waals surface area (Å²) in [5, 5.41) is 1.99. The Balaban J connectivity index is 1.81. The zero-order valence-electron chi connectivity index (χ0n) is 17.2. The number of ether oxygens (including phenoxy) is 3. The molecule has 1 saturated heterocycles. The zero-order valence-corrected chi connectivity index (χ0v) is 18.0. The van der Waals surface area contributed by atoms with Crippen molar-refractivity contribution in [3.05, 3.63) is 70.9 Å². The lowest BCUT2D eigenvalue weighted by Gasteiger charge is -2.35. The van der Waals surface area contributed by atoms with Crippen LogP contribution in [-0.4, -0.2) is 40.5 Å². The summed E-state index contributed by atoms with van der Waals surface area (Å²) in [7, 11) is 4.73. The van der Waals surface area contributed by atoms with Crippen LogP contribution in [0.25, 0.3) is 0 Å². The molecule has 1 aliphatic rings. The molecule has 0 amide bonds. The van der Waals surface area contributed by atoms with Crippen LogP contribution in [0.1, 0.15) is 4.88 Å². The lowest BCUT2D eigenvalue weighted by molar-refractivity contribution is -0.146. The Morgan fingerprint density at radius 1 is 0.900 bits per heavy atom. The van der Waals surface area contributed by atoms with Crippen LogP contribution in [0.5, 0.6) is 11.5 Å². The number of rotatable bonds is 6. The number of methoxy groups -OCH3 is 3. The highest BCUT2D eigenvalue weighted by Gasteiger charge is 2.54. The number of carbonyl (C=O) groups excluding carboxylic acids is 1. The van der Waals surface area contributed by atoms with Crippen molar-refractivity contribution < 1.29 is 19.0 Å². The minimum absolute atomic E-state index is 0.281. The molecule has 156 valence electrons. The number of carbonyl (C=O) groups is 1. The van der Waals surface area contributed by atoms with E-state index in [-0.39, 0.29) is 5.97 Å². The molecule has 30 heavy (non-hydrogen) atoms. The maximum atomic E-state index is 13.3. The van der Waals surface area contributed by atoms with E-state index in [9.17, 15) is 4.79 Å². The third-order valence-corrected chi connectivity index (χ3v) is 6.49. The van der Waals surface area contributed by atoms with Crippen LogP contribution < -0.4 is 19.3 Å². The fourth-order valence-electron chi connectivity index (χ4n) is 3.90. The molecule has 7 heteroatoms. The van der Waals surface area contributed by atoms with Crippen molar-refractivity contribution >= 4 is 28.7 Å². The summed E-state index contributed by atoms with van der Waals surface area (Å²) in [6, 6.07) is 19.6. The summed E-state index contributed by atoms with van der Waals surface area (Å²) >= 11 is 1.56. The number of esters is 1. The molecule has 4 rings (SSSR count). The largest absolute Gasteiger partial charge is 0.497 e. The van der Waals surface area contributed by atoms with E-state index >= 15 is 0 Å². The fraction of sp³-hybridized carbons (Fsp3) is 0.261. The minimum Gasteiger partial charge on any atom is -0.497 e. The molecule has 0 bridgehead atoms. The molecule has 0 N–H and O–H groups in total. The summed E-state index contributed by atoms with van der Waals surface area (Å²) in [6.07, 6.45) is 0. The van der Waals surface area contributed by atoms with Gasteiger partial charge in [0.05, 0.1) is 34.5 Å². The van der Waals surface area contributed by atoms with E-state index in [1.807, 2.05) is 66.0 Å². The van der Waals surface area contributed by atoms with Crippen molar-refractivity contribution in [3.8, 4) is 11.5 Å². The Morgan fingerprint density at radius 3 is 2.00 bits per heavy atom. The second-order valence-electron chi connectivity index (χ2n) is 6.99. The van der Waals surface area contributed by atoms with Gasteiger partial charge in [0.2, 0.25) is 0 Å². The van der Waals surface area contributed by atoms with Gasteiger partial charge in [-0.1, -0.05) is 6.07 Å². The quantitative estimate of drug-likeness (QED) is 0.555. The highest BCUT2D eigenvalue weighted by Crippen LogP contribution is 2.43. The minimum atomic E-state index is -0.947. The number of hydrogen-bond donors (Lipinski definition) is 0. The lowest BCUT2D eigenvalue weighted by atomic mass is 9.95. The maximum absolute atomic E-state index is 13.3. The van der Waals surface area contributed by atoms with E-state index in [1.165, 1.54) is 7.11 Å². The Bertz CT molecular complexity index is 989. The SMILES string of the molecule is COC(=O)C1(c2cccs2)CN(c2ccc(OC)cc2)CN1c1ccc(OC)cc1. The standard InChI is InChI=1S/C23H24N2O4S/c1-27-19-10-6-17(7-11-19)24-15-23(22(26)29-3,21-5-4-14-30-21)25(16-24)18-8-12-20(28-2)13-9-18/h4-14H,15-16H2,1-3H3. The molecular formula is C23H24N2O4S. The molecular weight excluding hydrogens is 400 g/mol. The smallest absolute Gasteiger partial charge is 0.339 e. The van der Waals surface area contributed by atoms with Gasteiger partial charge in [-0.2, -0.15) is 0 Å². The van der Waals surface area contributed by atoms with E-state index in [2.05, 4.69) is 9.80 Å². The second-order valence-corrected chi connectivity index (χ2v) is 7.94. The predicted octanol–water partition coefficient (Wildman–Crippen LogP) is 4.12. The Hall–Kier alpha value is -3.19. The van der Waals surface area contributed by atoms with Crippen molar-refractivity contribution in [1.29, 1.82) is 0 Å². The molecule has 1 fully saturated rings. The van der Waals surface area contributed by atoms with E-state index in [1.54, 1.807) is 25.6 Å². The average Bonchev–Trinajstić information content (AvgIpc) is 3.48. The van der Waals surface area contributed by atoms with Crippen molar-refractivity contribution in [2.75, 3.05) is 44.3 Å². The van der Waals surface area contributed by atoms with Crippen molar-refractivity contribution in [3.63, 3.8) is 0 Å². The van der Waals surface area contributed by atoms with Crippen LogP contribution in [0.15, 0.2) is 66.0 Å². The van der Waals surface area contributed by atoms with E-state index in [0.29, 0.717) is 13.2 Å². The van der Waals surface area contributed by atoms with Crippen LogP contribution in [0, 0.1) is 0 Å². The zero-order chi connectivity index (χ0) is 21.1. The molecule has 1 aliphatic heterocycles. The molecule has 0 radical (unpaired) electrons. The summed E-state index contributed by atoms with van der Waals surface area (Å²) in [4.78, 5) is 18.5. The van der Waals surface area contributed by atoms with Gasteiger partial charge in [-0.05, 0) is 60.0 Å². The average molecular weight is 425 g/mol. The first-order chi connectivity index (χ1) is 14.6. The van der Waals surface area contributed by atoms with Gasteiger partial charge >= 0.3 is 5.97 Å². The molecule has 3 aromatic rings. The number of anilines is 2. The molecule has 1 atom stereocenters. The Labute approximate surface area is 180 Å². The fourth-order valence-corrected chi connectivity index (χ4v) is 4.82. The van der Waals surface area contributed by atoms with Crippen LogP contribution in [0.3, 0.4) is 0 Å². The number of thiophene rings is 1. The molecule has 2 heterocycles. The third kappa shape index (κ3) is 3.35. The van der Waals surface area contributed by atoms with Crippen molar-refractivity contribution in [2.24, 2.45) is 0 Å². The first kappa shape index (κ1) is 20.1. The van der Waals surface area contributed by atoms with Crippen molar-refractivity contribution in [1.82, 2.24) is 0 Å². The normalized spacial score (nSPS) is 18.4. The highest BCUT2D eigenvalue weighted by atomic mass is 32.1. The summed E-state index contributed by atoms with van der Waals surface area (Å²) in [5.41, 5.74) is 0.986. The van der Waals surface area contributed by atoms with E-state index < -0.39 is 5.54 Å². The molecule has 1 unspecified atom stereocenters. The third-order valence-electron chi connectivity index (χ3n) is 5.47. The number of nitrogens with zero attached hydrogens (tertiary/aromatic N) is 2. The van der Waals surface area contributed by atoms with E-state index in [0.717, 1.165) is 27.8 Å². The van der Waals surface area contributed by atoms with Crippen LogP contribution >= 0.6 is 11.3 Å². The Morgan fingerprint density at radius 2 is 1.50 bits per heavy atom. The second kappa shape index (κ2) is 8.28. The molecule has 6 nitrogen and oxygen atoms in total. The molecule has 0 aliphatic carbocycles. The maximum Gasteiger partial charge on any atom is 0.339 e. The van der Waals surface area contributed by atoms with Gasteiger partial charge < -0.3 is 24.0 Å². The highest BCUT2D eigenvalue weighted by molar-refractivity contribution is 7.10. The summed E-state index contributed by atoms with van der Waals surface area (Å²) in [5.74, 6) is 1.28. The van der Waals surface area contributed by atoms with E-state index in [4.69, 9.17) is 14.2 Å². The van der Waals surface area contributed by atoms with Gasteiger partial charge in [-0.15, -0.1) is 11.3 Å². The topological polar surface area (TPSA) is 51.2 Å². The number of hydrogen-bond acceptors (Lipinski definition) is 7. The number of benzene rings is 2. The van der Waals surface area contributed by atoms with Gasteiger partial charge in [0, 0.05) is 16.3 Å². The van der Waals surface area contributed by atoms with Crippen LogP contribution in [0.2, 0.25) is 0 Å². The van der Waals surface area contributed by atoms with Gasteiger partial charge in [-0.3, -0.25) is 0 Å². The Kier molecular flexibility index (Phi) is 5.55. The monoisotopic (exact) mass is 424 g/mol. The first-order valence-corrected chi connectivity index (χ1v) is 10.4. The summed E-state index contributed by atoms with van der Waals surface area (Å²) in [6.45, 7) is 1.00. The predicted molar refractivity (Wildman–Crippen MR) is 119 cm³/mol. The van der Waals surface area contributed by atoms with Crippen LogP contribution in [-0.2, 0) is 15.1 Å². The lowest BCUT2D eigenvalue weighted by Crippen LogP contribution is -2.50. The van der Waals surface area contributed by atoms with Crippen LogP contribution in [0.4, 0.5) is 11.4 Å². The molecule has 2 aromatic carbocycles. The summed E-state index contributed by atoms with van der Waals surface area (Å²) < 4.78 is 15.9. The van der Waals surface area contributed by atoms with Gasteiger partial charge in [-0.25, -0.2) is 4.79 Å². The molecule has 0 spiro atoms. The molecule has 1 aromatic heterocycles.